The first-order chi connectivity index (χ1) is 14.5. The normalized spacial score (nSPS) is 26.6. The third-order valence-electron chi connectivity index (χ3n) is 6.81. The van der Waals surface area contributed by atoms with Crippen LogP contribution in [0.3, 0.4) is 0 Å². The number of methoxy groups -OCH3 is 1. The number of likely N-dealkylation sites (tertiary alicyclic amines) is 1. The van der Waals surface area contributed by atoms with Gasteiger partial charge in [-0.15, -0.1) is 0 Å². The van der Waals surface area contributed by atoms with Crippen LogP contribution < -0.4 is 10.1 Å². The first-order valence-electron chi connectivity index (χ1n) is 11.0. The number of piperidine rings is 1. The smallest absolute Gasteiger partial charge is 0.238 e. The lowest BCUT2D eigenvalue weighted by molar-refractivity contribution is -0.135. The van der Waals surface area contributed by atoms with E-state index in [-0.39, 0.29) is 17.9 Å². The van der Waals surface area contributed by atoms with Crippen LogP contribution in [0.4, 0.5) is 5.69 Å². The fraction of sp³-hybridized carbons (Fsp3) is 0.480. The molecular formula is C25H32N2O3. The second kappa shape index (κ2) is 8.78. The summed E-state index contributed by atoms with van der Waals surface area (Å²) in [7, 11) is 1.66. The molecule has 4 rings (SSSR count). The molecule has 1 aliphatic heterocycles. The van der Waals surface area contributed by atoms with Gasteiger partial charge in [-0.3, -0.25) is 9.69 Å². The number of hydrogen-bond acceptors (Lipinski definition) is 4. The number of nitrogens with one attached hydrogen (secondary N) is 1. The van der Waals surface area contributed by atoms with E-state index in [0.29, 0.717) is 13.1 Å². The van der Waals surface area contributed by atoms with Crippen molar-refractivity contribution in [2.45, 2.75) is 50.7 Å². The number of aryl methyl sites for hydroxylation is 1. The Morgan fingerprint density at radius 3 is 2.57 bits per heavy atom. The number of carbonyl (C=O) groups is 1. The molecule has 2 aliphatic rings. The maximum Gasteiger partial charge on any atom is 0.238 e. The zero-order valence-corrected chi connectivity index (χ0v) is 17.9. The highest BCUT2D eigenvalue weighted by molar-refractivity contribution is 5.92. The maximum atomic E-state index is 12.8. The summed E-state index contributed by atoms with van der Waals surface area (Å²) in [5, 5.41) is 14.4. The molecule has 2 aromatic carbocycles. The number of benzene rings is 2. The number of carbonyl (C=O) groups excluding carboxylic acids is 1. The van der Waals surface area contributed by atoms with Crippen LogP contribution in [0, 0.1) is 12.8 Å². The predicted molar refractivity (Wildman–Crippen MR) is 119 cm³/mol. The lowest BCUT2D eigenvalue weighted by Gasteiger charge is -2.52. The van der Waals surface area contributed by atoms with Gasteiger partial charge in [0, 0.05) is 24.2 Å². The summed E-state index contributed by atoms with van der Waals surface area (Å²) in [6.45, 7) is 3.06. The monoisotopic (exact) mass is 408 g/mol. The van der Waals surface area contributed by atoms with Crippen molar-refractivity contribution in [3.05, 3.63) is 59.7 Å². The van der Waals surface area contributed by atoms with Gasteiger partial charge in [0.2, 0.25) is 5.91 Å². The highest BCUT2D eigenvalue weighted by Crippen LogP contribution is 2.49. The number of anilines is 1. The number of ether oxygens (including phenoxy) is 1. The number of hydrogen-bond donors (Lipinski definition) is 2. The Hall–Kier alpha value is -2.37. The summed E-state index contributed by atoms with van der Waals surface area (Å²) < 4.78 is 5.32. The molecule has 1 saturated heterocycles. The quantitative estimate of drug-likeness (QED) is 0.774. The SMILES string of the molecule is COc1ccc([C@@H]2[C@H]3CCCC[C@]3(O)CCN2CC(=O)Nc2ccc(C)cc2)cc1. The van der Waals surface area contributed by atoms with E-state index in [2.05, 4.69) is 22.3 Å². The Kier molecular flexibility index (Phi) is 6.11. The van der Waals surface area contributed by atoms with E-state index >= 15 is 0 Å². The van der Waals surface area contributed by atoms with Gasteiger partial charge in [-0.2, -0.15) is 0 Å². The van der Waals surface area contributed by atoms with E-state index in [0.717, 1.165) is 49.1 Å². The third kappa shape index (κ3) is 4.37. The molecule has 2 aromatic rings. The van der Waals surface area contributed by atoms with Crippen molar-refractivity contribution in [1.29, 1.82) is 0 Å². The van der Waals surface area contributed by atoms with E-state index in [1.54, 1.807) is 7.11 Å². The average molecular weight is 409 g/mol. The molecule has 0 radical (unpaired) electrons. The molecule has 0 bridgehead atoms. The highest BCUT2D eigenvalue weighted by Gasteiger charge is 2.49. The van der Waals surface area contributed by atoms with Gasteiger partial charge in [0.15, 0.2) is 0 Å². The van der Waals surface area contributed by atoms with Gasteiger partial charge in [-0.05, 0) is 56.0 Å². The van der Waals surface area contributed by atoms with E-state index < -0.39 is 5.60 Å². The first kappa shape index (κ1) is 20.9. The molecule has 0 spiro atoms. The minimum Gasteiger partial charge on any atom is -0.497 e. The lowest BCUT2D eigenvalue weighted by atomic mass is 9.66. The van der Waals surface area contributed by atoms with Gasteiger partial charge in [0.25, 0.3) is 0 Å². The fourth-order valence-corrected chi connectivity index (χ4v) is 5.19. The Bertz CT molecular complexity index is 865. The van der Waals surface area contributed by atoms with Crippen LogP contribution in [0.5, 0.6) is 5.75 Å². The Balaban J connectivity index is 1.56. The van der Waals surface area contributed by atoms with Gasteiger partial charge < -0.3 is 15.2 Å². The number of nitrogens with zero attached hydrogens (tertiary/aromatic N) is 1. The number of aliphatic hydroxyl groups is 1. The van der Waals surface area contributed by atoms with Crippen LogP contribution in [0.1, 0.15) is 49.3 Å². The van der Waals surface area contributed by atoms with E-state index in [1.807, 2.05) is 43.3 Å². The molecule has 5 nitrogen and oxygen atoms in total. The Morgan fingerprint density at radius 2 is 1.87 bits per heavy atom. The fourth-order valence-electron chi connectivity index (χ4n) is 5.19. The van der Waals surface area contributed by atoms with Gasteiger partial charge >= 0.3 is 0 Å². The van der Waals surface area contributed by atoms with Crippen molar-refractivity contribution in [3.8, 4) is 5.75 Å². The maximum absolute atomic E-state index is 12.8. The average Bonchev–Trinajstić information content (AvgIpc) is 2.75. The second-order valence-electron chi connectivity index (χ2n) is 8.81. The molecule has 2 N–H and O–H groups in total. The van der Waals surface area contributed by atoms with Gasteiger partial charge in [0.05, 0.1) is 19.3 Å². The van der Waals surface area contributed by atoms with Gasteiger partial charge in [0.1, 0.15) is 5.75 Å². The largest absolute Gasteiger partial charge is 0.497 e. The van der Waals surface area contributed by atoms with Crippen molar-refractivity contribution in [2.75, 3.05) is 25.5 Å². The van der Waals surface area contributed by atoms with Crippen LogP contribution in [-0.4, -0.2) is 41.7 Å². The van der Waals surface area contributed by atoms with Gasteiger partial charge in [-0.1, -0.05) is 42.7 Å². The minimum absolute atomic E-state index is 0.0152. The standard InChI is InChI=1S/C25H32N2O3/c1-18-6-10-20(11-7-18)26-23(28)17-27-16-15-25(29)14-4-3-5-22(25)24(27)19-8-12-21(30-2)13-9-19/h6-13,22,24,29H,3-5,14-17H2,1-2H3,(H,26,28)/t22-,24-,25+/m1/s1. The van der Waals surface area contributed by atoms with Crippen LogP contribution in [-0.2, 0) is 4.79 Å². The highest BCUT2D eigenvalue weighted by atomic mass is 16.5. The molecule has 30 heavy (non-hydrogen) atoms. The molecule has 0 unspecified atom stereocenters. The summed E-state index contributed by atoms with van der Waals surface area (Å²) in [6, 6.07) is 16.0. The zero-order valence-electron chi connectivity index (χ0n) is 17.9. The second-order valence-corrected chi connectivity index (χ2v) is 8.81. The first-order valence-corrected chi connectivity index (χ1v) is 11.0. The van der Waals surface area contributed by atoms with E-state index in [1.165, 1.54) is 5.56 Å². The molecule has 2 fully saturated rings. The van der Waals surface area contributed by atoms with Gasteiger partial charge in [-0.25, -0.2) is 0 Å². The third-order valence-corrected chi connectivity index (χ3v) is 6.81. The molecule has 160 valence electrons. The Morgan fingerprint density at radius 1 is 1.13 bits per heavy atom. The van der Waals surface area contributed by atoms with Crippen molar-refractivity contribution < 1.29 is 14.6 Å². The van der Waals surface area contributed by atoms with Crippen LogP contribution in [0.25, 0.3) is 0 Å². The molecule has 1 heterocycles. The van der Waals surface area contributed by atoms with Crippen LogP contribution >= 0.6 is 0 Å². The summed E-state index contributed by atoms with van der Waals surface area (Å²) in [6.07, 6.45) is 4.78. The van der Waals surface area contributed by atoms with Crippen molar-refractivity contribution in [2.24, 2.45) is 5.92 Å². The topological polar surface area (TPSA) is 61.8 Å². The van der Waals surface area contributed by atoms with E-state index in [9.17, 15) is 9.90 Å². The van der Waals surface area contributed by atoms with Crippen molar-refractivity contribution in [1.82, 2.24) is 4.90 Å². The lowest BCUT2D eigenvalue weighted by Crippen LogP contribution is -2.56. The summed E-state index contributed by atoms with van der Waals surface area (Å²) in [5.41, 5.74) is 2.49. The molecule has 0 aromatic heterocycles. The number of rotatable bonds is 5. The number of amides is 1. The predicted octanol–water partition coefficient (Wildman–Crippen LogP) is 4.31. The molecule has 1 saturated carbocycles. The molecule has 5 heteroatoms. The van der Waals surface area contributed by atoms with E-state index in [4.69, 9.17) is 4.74 Å². The summed E-state index contributed by atoms with van der Waals surface area (Å²) in [5.74, 6) is 0.941. The minimum atomic E-state index is -0.632. The summed E-state index contributed by atoms with van der Waals surface area (Å²) in [4.78, 5) is 15.1. The zero-order chi connectivity index (χ0) is 21.1. The Labute approximate surface area is 179 Å². The number of fused-ring (bicyclic) bond motifs is 1. The van der Waals surface area contributed by atoms with Crippen LogP contribution in [0.2, 0.25) is 0 Å². The molecular weight excluding hydrogens is 376 g/mol. The van der Waals surface area contributed by atoms with Crippen LogP contribution in [0.15, 0.2) is 48.5 Å². The molecule has 3 atom stereocenters. The summed E-state index contributed by atoms with van der Waals surface area (Å²) >= 11 is 0. The van der Waals surface area contributed by atoms with Crippen molar-refractivity contribution >= 4 is 11.6 Å². The van der Waals surface area contributed by atoms with Crippen molar-refractivity contribution in [3.63, 3.8) is 0 Å². The molecule has 1 amide bonds. The molecule has 1 aliphatic carbocycles.